The Bertz CT molecular complexity index is 629. The van der Waals surface area contributed by atoms with Crippen molar-refractivity contribution in [2.24, 2.45) is 0 Å². The van der Waals surface area contributed by atoms with E-state index in [4.69, 9.17) is 4.52 Å². The lowest BCUT2D eigenvalue weighted by molar-refractivity contribution is -0.133. The fraction of sp³-hybridized carbons (Fsp3) is 0.533. The van der Waals surface area contributed by atoms with Crippen LogP contribution in [0.3, 0.4) is 0 Å². The molecule has 1 fully saturated rings. The summed E-state index contributed by atoms with van der Waals surface area (Å²) < 4.78 is 5.14. The van der Waals surface area contributed by atoms with Gasteiger partial charge in [-0.15, -0.1) is 0 Å². The molecule has 0 bridgehead atoms. The Balaban J connectivity index is 1.71. The molecule has 1 saturated heterocycles. The third-order valence-corrected chi connectivity index (χ3v) is 4.34. The molecule has 0 aliphatic carbocycles. The van der Waals surface area contributed by atoms with Gasteiger partial charge in [0, 0.05) is 37.6 Å². The van der Waals surface area contributed by atoms with E-state index in [0.29, 0.717) is 13.0 Å². The highest BCUT2D eigenvalue weighted by molar-refractivity contribution is 5.79. The van der Waals surface area contributed by atoms with Gasteiger partial charge in [0.05, 0.1) is 18.2 Å². The van der Waals surface area contributed by atoms with Crippen LogP contribution in [0.4, 0.5) is 0 Å². The molecular formula is C15H21N5O2. The van der Waals surface area contributed by atoms with Crippen molar-refractivity contribution in [1.29, 1.82) is 0 Å². The van der Waals surface area contributed by atoms with Crippen LogP contribution in [0.15, 0.2) is 16.9 Å². The van der Waals surface area contributed by atoms with Gasteiger partial charge in [0.25, 0.3) is 0 Å². The number of carbonyl (C=O) groups is 1. The Morgan fingerprint density at radius 3 is 2.91 bits per heavy atom. The number of aromatic nitrogens is 3. The molecule has 7 heteroatoms. The van der Waals surface area contributed by atoms with Crippen molar-refractivity contribution in [2.45, 2.75) is 26.3 Å². The lowest BCUT2D eigenvalue weighted by atomic mass is 10.1. The first-order valence-electron chi connectivity index (χ1n) is 7.45. The zero-order valence-electron chi connectivity index (χ0n) is 13.2. The van der Waals surface area contributed by atoms with Crippen molar-refractivity contribution in [3.05, 3.63) is 35.2 Å². The first-order chi connectivity index (χ1) is 10.6. The normalized spacial score (nSPS) is 19.6. The first kappa shape index (κ1) is 14.8. The highest BCUT2D eigenvalue weighted by atomic mass is 16.5. The summed E-state index contributed by atoms with van der Waals surface area (Å²) in [4.78, 5) is 24.2. The minimum Gasteiger partial charge on any atom is -0.361 e. The van der Waals surface area contributed by atoms with E-state index < -0.39 is 0 Å². The second kappa shape index (κ2) is 5.92. The zero-order chi connectivity index (χ0) is 15.7. The largest absolute Gasteiger partial charge is 0.361 e. The van der Waals surface area contributed by atoms with Gasteiger partial charge in [-0.3, -0.25) is 9.69 Å². The molecule has 1 amide bonds. The van der Waals surface area contributed by atoms with E-state index >= 15 is 0 Å². The Kier molecular flexibility index (Phi) is 3.98. The van der Waals surface area contributed by atoms with Crippen molar-refractivity contribution in [2.75, 3.05) is 26.7 Å². The minimum atomic E-state index is 0.109. The lowest BCUT2D eigenvalue weighted by Crippen LogP contribution is -2.49. The molecule has 1 atom stereocenters. The Hall–Kier alpha value is -2.15. The molecule has 7 nitrogen and oxygen atoms in total. The van der Waals surface area contributed by atoms with Crippen molar-refractivity contribution in [3.8, 4) is 0 Å². The standard InChI is InChI=1S/C15H21N5O2/c1-10-12(11(2)22-18-10)8-14(21)20-7-6-19(3)13(9-20)15-16-4-5-17-15/h4-5,13H,6-9H2,1-3H3,(H,16,17)/t13-/m0/s1. The number of aryl methyl sites for hydroxylation is 2. The summed E-state index contributed by atoms with van der Waals surface area (Å²) in [5.74, 6) is 1.74. The zero-order valence-corrected chi connectivity index (χ0v) is 13.2. The predicted molar refractivity (Wildman–Crippen MR) is 80.2 cm³/mol. The number of likely N-dealkylation sites (N-methyl/N-ethyl adjacent to an activating group) is 1. The fourth-order valence-corrected chi connectivity index (χ4v) is 2.87. The second-order valence-corrected chi connectivity index (χ2v) is 5.79. The molecule has 2 aromatic rings. The van der Waals surface area contributed by atoms with Crippen LogP contribution in [0.5, 0.6) is 0 Å². The number of H-pyrrole nitrogens is 1. The van der Waals surface area contributed by atoms with Crippen molar-refractivity contribution < 1.29 is 9.32 Å². The van der Waals surface area contributed by atoms with E-state index in [1.54, 1.807) is 6.20 Å². The summed E-state index contributed by atoms with van der Waals surface area (Å²) in [6, 6.07) is 0.109. The van der Waals surface area contributed by atoms with Crippen LogP contribution < -0.4 is 0 Å². The summed E-state index contributed by atoms with van der Waals surface area (Å²) in [6.45, 7) is 5.92. The van der Waals surface area contributed by atoms with E-state index in [2.05, 4.69) is 27.1 Å². The molecule has 3 rings (SSSR count). The Morgan fingerprint density at radius 1 is 1.45 bits per heavy atom. The van der Waals surface area contributed by atoms with Gasteiger partial charge in [0.2, 0.25) is 5.91 Å². The topological polar surface area (TPSA) is 78.3 Å². The maximum Gasteiger partial charge on any atom is 0.227 e. The van der Waals surface area contributed by atoms with Crippen LogP contribution in [0.1, 0.15) is 28.9 Å². The molecule has 1 aliphatic rings. The Labute approximate surface area is 129 Å². The number of piperazine rings is 1. The minimum absolute atomic E-state index is 0.109. The maximum absolute atomic E-state index is 12.6. The predicted octanol–water partition coefficient (Wildman–Crippen LogP) is 1.07. The average Bonchev–Trinajstić information content (AvgIpc) is 3.13. The first-order valence-corrected chi connectivity index (χ1v) is 7.45. The average molecular weight is 303 g/mol. The third-order valence-electron chi connectivity index (χ3n) is 4.34. The number of aromatic amines is 1. The molecule has 1 N–H and O–H groups in total. The molecule has 0 radical (unpaired) electrons. The van der Waals surface area contributed by atoms with Gasteiger partial charge in [0.15, 0.2) is 0 Å². The van der Waals surface area contributed by atoms with Crippen LogP contribution >= 0.6 is 0 Å². The van der Waals surface area contributed by atoms with Gasteiger partial charge >= 0.3 is 0 Å². The van der Waals surface area contributed by atoms with Crippen molar-refractivity contribution in [3.63, 3.8) is 0 Å². The number of imidazole rings is 1. The molecule has 0 spiro atoms. The number of carbonyl (C=O) groups excluding carboxylic acids is 1. The molecular weight excluding hydrogens is 282 g/mol. The number of nitrogens with zero attached hydrogens (tertiary/aromatic N) is 4. The van der Waals surface area contributed by atoms with Crippen LogP contribution in [0, 0.1) is 13.8 Å². The van der Waals surface area contributed by atoms with Crippen LogP contribution in [-0.4, -0.2) is 57.5 Å². The summed E-state index contributed by atoms with van der Waals surface area (Å²) >= 11 is 0. The van der Waals surface area contributed by atoms with Gasteiger partial charge < -0.3 is 14.4 Å². The second-order valence-electron chi connectivity index (χ2n) is 5.79. The highest BCUT2D eigenvalue weighted by Crippen LogP contribution is 2.22. The SMILES string of the molecule is Cc1noc(C)c1CC(=O)N1CCN(C)[C@H](c2ncc[nH]2)C1. The Morgan fingerprint density at radius 2 is 2.27 bits per heavy atom. The monoisotopic (exact) mass is 303 g/mol. The van der Waals surface area contributed by atoms with E-state index in [1.165, 1.54) is 0 Å². The number of hydrogen-bond acceptors (Lipinski definition) is 5. The van der Waals surface area contributed by atoms with Crippen LogP contribution in [-0.2, 0) is 11.2 Å². The summed E-state index contributed by atoms with van der Waals surface area (Å²) in [6.07, 6.45) is 3.90. The van der Waals surface area contributed by atoms with Crippen molar-refractivity contribution in [1.82, 2.24) is 24.9 Å². The molecule has 3 heterocycles. The maximum atomic E-state index is 12.6. The van der Waals surface area contributed by atoms with E-state index in [1.807, 2.05) is 24.9 Å². The summed E-state index contributed by atoms with van der Waals surface area (Å²) in [5, 5.41) is 3.91. The third kappa shape index (κ3) is 2.76. The lowest BCUT2D eigenvalue weighted by Gasteiger charge is -2.38. The van der Waals surface area contributed by atoms with Crippen LogP contribution in [0.2, 0.25) is 0 Å². The quantitative estimate of drug-likeness (QED) is 0.917. The smallest absolute Gasteiger partial charge is 0.227 e. The van der Waals surface area contributed by atoms with Crippen molar-refractivity contribution >= 4 is 5.91 Å². The van der Waals surface area contributed by atoms with Gasteiger partial charge in [-0.05, 0) is 20.9 Å². The highest BCUT2D eigenvalue weighted by Gasteiger charge is 2.30. The number of amides is 1. The molecule has 118 valence electrons. The summed E-state index contributed by atoms with van der Waals surface area (Å²) in [5.41, 5.74) is 1.70. The van der Waals surface area contributed by atoms with E-state index in [-0.39, 0.29) is 11.9 Å². The summed E-state index contributed by atoms with van der Waals surface area (Å²) in [7, 11) is 2.06. The fourth-order valence-electron chi connectivity index (χ4n) is 2.87. The molecule has 1 aliphatic heterocycles. The molecule has 2 aromatic heterocycles. The number of hydrogen-bond donors (Lipinski definition) is 1. The van der Waals surface area contributed by atoms with E-state index in [9.17, 15) is 4.79 Å². The molecule has 22 heavy (non-hydrogen) atoms. The molecule has 0 saturated carbocycles. The van der Waals surface area contributed by atoms with Gasteiger partial charge in [-0.2, -0.15) is 0 Å². The number of nitrogens with one attached hydrogen (secondary N) is 1. The van der Waals surface area contributed by atoms with E-state index in [0.717, 1.165) is 35.9 Å². The molecule has 0 aromatic carbocycles. The van der Waals surface area contributed by atoms with Gasteiger partial charge in [-0.1, -0.05) is 5.16 Å². The molecule has 0 unspecified atom stereocenters. The van der Waals surface area contributed by atoms with Crippen LogP contribution in [0.25, 0.3) is 0 Å². The number of rotatable bonds is 3. The van der Waals surface area contributed by atoms with Gasteiger partial charge in [-0.25, -0.2) is 4.98 Å². The van der Waals surface area contributed by atoms with Gasteiger partial charge in [0.1, 0.15) is 11.6 Å².